The first-order valence-corrected chi connectivity index (χ1v) is 7.34. The maximum absolute atomic E-state index is 12.5. The Morgan fingerprint density at radius 3 is 2.74 bits per heavy atom. The molecule has 0 bridgehead atoms. The van der Waals surface area contributed by atoms with Crippen LogP contribution in [0.5, 0.6) is 0 Å². The van der Waals surface area contributed by atoms with E-state index in [0.29, 0.717) is 18.0 Å². The van der Waals surface area contributed by atoms with Crippen LogP contribution in [0.4, 0.5) is 5.13 Å². The lowest BCUT2D eigenvalue weighted by atomic mass is 9.96. The van der Waals surface area contributed by atoms with E-state index in [4.69, 9.17) is 0 Å². The molecule has 2 atom stereocenters. The summed E-state index contributed by atoms with van der Waals surface area (Å²) in [7, 11) is 3.83. The molecule has 19 heavy (non-hydrogen) atoms. The SMILES string of the molecule is Cc1nc(N(C)C)sc1C(=O)N1CCC(C)C(O)C1. The summed E-state index contributed by atoms with van der Waals surface area (Å²) < 4.78 is 0. The van der Waals surface area contributed by atoms with E-state index in [1.54, 1.807) is 4.90 Å². The Bertz CT molecular complexity index is 472. The molecule has 0 aliphatic carbocycles. The molecule has 0 radical (unpaired) electrons. The zero-order valence-corrected chi connectivity index (χ0v) is 12.7. The molecule has 1 aliphatic rings. The highest BCUT2D eigenvalue weighted by molar-refractivity contribution is 7.17. The first-order valence-electron chi connectivity index (χ1n) is 6.52. The predicted octanol–water partition coefficient (Wildman–Crippen LogP) is 1.36. The van der Waals surface area contributed by atoms with E-state index in [-0.39, 0.29) is 11.8 Å². The maximum atomic E-state index is 12.5. The van der Waals surface area contributed by atoms with Crippen molar-refractivity contribution in [3.63, 3.8) is 0 Å². The number of nitrogens with zero attached hydrogens (tertiary/aromatic N) is 3. The van der Waals surface area contributed by atoms with Crippen molar-refractivity contribution < 1.29 is 9.90 Å². The molecule has 1 fully saturated rings. The second-order valence-electron chi connectivity index (χ2n) is 5.39. The van der Waals surface area contributed by atoms with Gasteiger partial charge in [-0.1, -0.05) is 18.3 Å². The fourth-order valence-corrected chi connectivity index (χ4v) is 3.11. The number of aliphatic hydroxyl groups is 1. The van der Waals surface area contributed by atoms with Gasteiger partial charge in [0.05, 0.1) is 11.8 Å². The van der Waals surface area contributed by atoms with Crippen LogP contribution < -0.4 is 4.90 Å². The van der Waals surface area contributed by atoms with Crippen molar-refractivity contribution in [2.24, 2.45) is 5.92 Å². The molecule has 106 valence electrons. The number of carbonyl (C=O) groups excluding carboxylic acids is 1. The number of hydrogen-bond acceptors (Lipinski definition) is 5. The molecule has 2 unspecified atom stereocenters. The summed E-state index contributed by atoms with van der Waals surface area (Å²) in [5.74, 6) is 0.262. The van der Waals surface area contributed by atoms with E-state index in [0.717, 1.165) is 17.2 Å². The third kappa shape index (κ3) is 2.90. The number of aromatic nitrogens is 1. The highest BCUT2D eigenvalue weighted by Gasteiger charge is 2.29. The number of β-amino-alcohol motifs (C(OH)–C–C–N with tert-alkyl or cyclic N) is 1. The molecule has 1 aromatic rings. The van der Waals surface area contributed by atoms with Crippen molar-refractivity contribution in [2.75, 3.05) is 32.1 Å². The second kappa shape index (κ2) is 5.46. The van der Waals surface area contributed by atoms with Gasteiger partial charge in [-0.05, 0) is 19.3 Å². The molecule has 2 rings (SSSR count). The molecule has 0 spiro atoms. The predicted molar refractivity (Wildman–Crippen MR) is 76.9 cm³/mol. The minimum Gasteiger partial charge on any atom is -0.391 e. The van der Waals surface area contributed by atoms with Crippen LogP contribution >= 0.6 is 11.3 Å². The van der Waals surface area contributed by atoms with Crippen LogP contribution in [0.1, 0.15) is 28.7 Å². The average molecular weight is 283 g/mol. The van der Waals surface area contributed by atoms with Gasteiger partial charge in [-0.2, -0.15) is 0 Å². The molecule has 6 heteroatoms. The smallest absolute Gasteiger partial charge is 0.266 e. The Labute approximate surface area is 117 Å². The summed E-state index contributed by atoms with van der Waals surface area (Å²) in [5.41, 5.74) is 0.770. The minimum atomic E-state index is -0.417. The van der Waals surface area contributed by atoms with E-state index in [2.05, 4.69) is 4.98 Å². The van der Waals surface area contributed by atoms with E-state index < -0.39 is 6.10 Å². The number of piperidine rings is 1. The molecule has 1 aliphatic heterocycles. The highest BCUT2D eigenvalue weighted by Crippen LogP contribution is 2.27. The fraction of sp³-hybridized carbons (Fsp3) is 0.692. The van der Waals surface area contributed by atoms with Crippen molar-refractivity contribution in [3.05, 3.63) is 10.6 Å². The van der Waals surface area contributed by atoms with Crippen LogP contribution in [-0.4, -0.2) is 54.2 Å². The summed E-state index contributed by atoms with van der Waals surface area (Å²) in [6.07, 6.45) is 0.435. The largest absolute Gasteiger partial charge is 0.391 e. The molecule has 1 aromatic heterocycles. The molecular weight excluding hydrogens is 262 g/mol. The third-order valence-corrected chi connectivity index (χ3v) is 4.88. The monoisotopic (exact) mass is 283 g/mol. The summed E-state index contributed by atoms with van der Waals surface area (Å²) in [6.45, 7) is 5.02. The van der Waals surface area contributed by atoms with Gasteiger partial charge in [0.2, 0.25) is 0 Å². The van der Waals surface area contributed by atoms with Crippen LogP contribution in [-0.2, 0) is 0 Å². The summed E-state index contributed by atoms with van der Waals surface area (Å²) >= 11 is 1.41. The fourth-order valence-electron chi connectivity index (χ4n) is 2.15. The van der Waals surface area contributed by atoms with Crippen molar-refractivity contribution in [1.29, 1.82) is 0 Å². The first-order chi connectivity index (χ1) is 8.90. The minimum absolute atomic E-state index is 0.00551. The summed E-state index contributed by atoms with van der Waals surface area (Å²) in [5, 5.41) is 10.7. The number of amides is 1. The number of aryl methyl sites for hydroxylation is 1. The van der Waals surface area contributed by atoms with Gasteiger partial charge in [-0.3, -0.25) is 4.79 Å². The Kier molecular flexibility index (Phi) is 4.10. The maximum Gasteiger partial charge on any atom is 0.266 e. The van der Waals surface area contributed by atoms with Crippen LogP contribution in [0, 0.1) is 12.8 Å². The first kappa shape index (κ1) is 14.3. The van der Waals surface area contributed by atoms with E-state index >= 15 is 0 Å². The Hall–Kier alpha value is -1.14. The van der Waals surface area contributed by atoms with E-state index in [1.807, 2.05) is 32.8 Å². The van der Waals surface area contributed by atoms with Gasteiger partial charge in [-0.25, -0.2) is 4.98 Å². The average Bonchev–Trinajstić information content (AvgIpc) is 2.74. The Morgan fingerprint density at radius 2 is 2.21 bits per heavy atom. The molecule has 1 saturated heterocycles. The zero-order chi connectivity index (χ0) is 14.2. The number of thiazole rings is 1. The summed E-state index contributed by atoms with van der Waals surface area (Å²) in [4.78, 5) is 21.2. The number of aliphatic hydroxyl groups excluding tert-OH is 1. The molecule has 0 saturated carbocycles. The topological polar surface area (TPSA) is 56.7 Å². The molecule has 5 nitrogen and oxygen atoms in total. The molecule has 0 aromatic carbocycles. The van der Waals surface area contributed by atoms with Crippen LogP contribution in [0.15, 0.2) is 0 Å². The van der Waals surface area contributed by atoms with E-state index in [1.165, 1.54) is 11.3 Å². The van der Waals surface area contributed by atoms with Gasteiger partial charge in [0, 0.05) is 27.2 Å². The van der Waals surface area contributed by atoms with Gasteiger partial charge in [-0.15, -0.1) is 0 Å². The van der Waals surface area contributed by atoms with Gasteiger partial charge in [0.1, 0.15) is 4.88 Å². The lowest BCUT2D eigenvalue weighted by molar-refractivity contribution is 0.0251. The Morgan fingerprint density at radius 1 is 1.53 bits per heavy atom. The van der Waals surface area contributed by atoms with E-state index in [9.17, 15) is 9.90 Å². The summed E-state index contributed by atoms with van der Waals surface area (Å²) in [6, 6.07) is 0. The van der Waals surface area contributed by atoms with Crippen molar-refractivity contribution in [1.82, 2.24) is 9.88 Å². The normalized spacial score (nSPS) is 23.5. The van der Waals surface area contributed by atoms with Gasteiger partial charge < -0.3 is 14.9 Å². The lowest BCUT2D eigenvalue weighted by Gasteiger charge is -2.34. The van der Waals surface area contributed by atoms with Gasteiger partial charge >= 0.3 is 0 Å². The van der Waals surface area contributed by atoms with Crippen molar-refractivity contribution in [3.8, 4) is 0 Å². The standard InChI is InChI=1S/C13H21N3O2S/c1-8-5-6-16(7-10(8)17)12(18)11-9(2)14-13(19-11)15(3)4/h8,10,17H,5-7H2,1-4H3. The van der Waals surface area contributed by atoms with Crippen molar-refractivity contribution in [2.45, 2.75) is 26.4 Å². The number of rotatable bonds is 2. The number of hydrogen-bond donors (Lipinski definition) is 1. The van der Waals surface area contributed by atoms with Gasteiger partial charge in [0.15, 0.2) is 5.13 Å². The zero-order valence-electron chi connectivity index (χ0n) is 11.9. The molecular formula is C13H21N3O2S. The molecule has 1 amide bonds. The van der Waals surface area contributed by atoms with Gasteiger partial charge in [0.25, 0.3) is 5.91 Å². The van der Waals surface area contributed by atoms with Crippen LogP contribution in [0.25, 0.3) is 0 Å². The number of likely N-dealkylation sites (tertiary alicyclic amines) is 1. The van der Waals surface area contributed by atoms with Crippen LogP contribution in [0.2, 0.25) is 0 Å². The number of carbonyl (C=O) groups is 1. The number of anilines is 1. The molecule has 1 N–H and O–H groups in total. The third-order valence-electron chi connectivity index (χ3n) is 3.57. The van der Waals surface area contributed by atoms with Crippen LogP contribution in [0.3, 0.4) is 0 Å². The Balaban J connectivity index is 2.16. The second-order valence-corrected chi connectivity index (χ2v) is 6.37. The lowest BCUT2D eigenvalue weighted by Crippen LogP contribution is -2.45. The highest BCUT2D eigenvalue weighted by atomic mass is 32.1. The van der Waals surface area contributed by atoms with Crippen molar-refractivity contribution >= 4 is 22.4 Å². The quantitative estimate of drug-likeness (QED) is 0.890. The molecule has 2 heterocycles.